The molecule has 1 saturated heterocycles. The van der Waals surface area contributed by atoms with E-state index in [4.69, 9.17) is 4.52 Å². The van der Waals surface area contributed by atoms with Crippen LogP contribution >= 0.6 is 0 Å². The second kappa shape index (κ2) is 6.14. The number of benzene rings is 1. The van der Waals surface area contributed by atoms with Gasteiger partial charge in [-0.2, -0.15) is 4.98 Å². The molecule has 0 radical (unpaired) electrons. The molecule has 122 valence electrons. The van der Waals surface area contributed by atoms with E-state index in [1.165, 1.54) is 16.7 Å². The van der Waals surface area contributed by atoms with E-state index < -0.39 is 0 Å². The Morgan fingerprint density at radius 3 is 2.62 bits per heavy atom. The number of aromatic nitrogens is 3. The number of hydrogen-bond acceptors (Lipinski definition) is 6. The van der Waals surface area contributed by atoms with Gasteiger partial charge in [0, 0.05) is 24.0 Å². The predicted molar refractivity (Wildman–Crippen MR) is 89.8 cm³/mol. The van der Waals surface area contributed by atoms with Crippen LogP contribution in [-0.4, -0.2) is 15.1 Å². The van der Waals surface area contributed by atoms with Crippen LogP contribution < -0.4 is 10.9 Å². The minimum absolute atomic E-state index is 0.00112. The molecule has 0 amide bonds. The van der Waals surface area contributed by atoms with E-state index in [9.17, 15) is 0 Å². The molecule has 2 aromatic heterocycles. The van der Waals surface area contributed by atoms with Crippen molar-refractivity contribution in [3.63, 3.8) is 0 Å². The zero-order valence-corrected chi connectivity index (χ0v) is 13.7. The maximum atomic E-state index is 5.45. The summed E-state index contributed by atoms with van der Waals surface area (Å²) in [7, 11) is 0. The molecule has 1 aromatic carbocycles. The van der Waals surface area contributed by atoms with E-state index in [0.717, 1.165) is 12.0 Å². The van der Waals surface area contributed by atoms with E-state index in [-0.39, 0.29) is 12.1 Å². The lowest BCUT2D eigenvalue weighted by Crippen LogP contribution is -2.27. The highest BCUT2D eigenvalue weighted by Crippen LogP contribution is 2.32. The van der Waals surface area contributed by atoms with Gasteiger partial charge in [0.1, 0.15) is 6.04 Å². The van der Waals surface area contributed by atoms with Gasteiger partial charge in [-0.15, -0.1) is 0 Å². The topological polar surface area (TPSA) is 75.9 Å². The fourth-order valence-electron chi connectivity index (χ4n) is 3.13. The van der Waals surface area contributed by atoms with Crippen molar-refractivity contribution in [3.05, 3.63) is 65.3 Å². The number of pyridine rings is 1. The molecule has 1 aliphatic heterocycles. The summed E-state index contributed by atoms with van der Waals surface area (Å²) < 4.78 is 5.45. The van der Waals surface area contributed by atoms with E-state index >= 15 is 0 Å². The lowest BCUT2D eigenvalue weighted by molar-refractivity contribution is 0.340. The summed E-state index contributed by atoms with van der Waals surface area (Å²) in [6.07, 6.45) is 4.30. The fraction of sp³-hybridized carbons (Fsp3) is 0.278. The van der Waals surface area contributed by atoms with Gasteiger partial charge in [-0.1, -0.05) is 28.9 Å². The average molecular weight is 321 g/mol. The van der Waals surface area contributed by atoms with Crippen molar-refractivity contribution in [1.82, 2.24) is 26.0 Å². The Hall–Kier alpha value is -2.57. The largest absolute Gasteiger partial charge is 0.337 e. The molecule has 2 N–H and O–H groups in total. The molecule has 0 aliphatic carbocycles. The Balaban J connectivity index is 1.52. The highest BCUT2D eigenvalue weighted by Gasteiger charge is 2.31. The first kappa shape index (κ1) is 15.0. The van der Waals surface area contributed by atoms with Gasteiger partial charge in [-0.3, -0.25) is 4.98 Å². The van der Waals surface area contributed by atoms with Gasteiger partial charge >= 0.3 is 0 Å². The van der Waals surface area contributed by atoms with Crippen molar-refractivity contribution in [2.24, 2.45) is 0 Å². The third kappa shape index (κ3) is 2.81. The summed E-state index contributed by atoms with van der Waals surface area (Å²) in [6, 6.07) is 10.5. The average Bonchev–Trinajstić information content (AvgIpc) is 3.25. The Kier molecular flexibility index (Phi) is 3.84. The van der Waals surface area contributed by atoms with Gasteiger partial charge in [0.25, 0.3) is 0 Å². The maximum Gasteiger partial charge on any atom is 0.245 e. The minimum atomic E-state index is -0.00112. The monoisotopic (exact) mass is 321 g/mol. The molecule has 3 aromatic rings. The van der Waals surface area contributed by atoms with Gasteiger partial charge < -0.3 is 4.52 Å². The number of nitrogens with zero attached hydrogens (tertiary/aromatic N) is 3. The summed E-state index contributed by atoms with van der Waals surface area (Å²) in [6.45, 7) is 4.25. The summed E-state index contributed by atoms with van der Waals surface area (Å²) >= 11 is 0. The van der Waals surface area contributed by atoms with Crippen LogP contribution in [0.2, 0.25) is 0 Å². The summed E-state index contributed by atoms with van der Waals surface area (Å²) in [5.41, 5.74) is 11.4. The summed E-state index contributed by atoms with van der Waals surface area (Å²) in [5, 5.41) is 4.08. The second-order valence-corrected chi connectivity index (χ2v) is 6.18. The lowest BCUT2D eigenvalue weighted by atomic mass is 9.96. The van der Waals surface area contributed by atoms with Crippen molar-refractivity contribution in [1.29, 1.82) is 0 Å². The number of rotatable bonds is 3. The normalized spacial score (nSPS) is 20.4. The van der Waals surface area contributed by atoms with Crippen LogP contribution in [0, 0.1) is 13.8 Å². The third-order valence-corrected chi connectivity index (χ3v) is 4.38. The second-order valence-electron chi connectivity index (χ2n) is 6.18. The van der Waals surface area contributed by atoms with Gasteiger partial charge in [0.15, 0.2) is 0 Å². The first-order valence-corrected chi connectivity index (χ1v) is 8.03. The zero-order chi connectivity index (χ0) is 16.5. The maximum absolute atomic E-state index is 5.45. The van der Waals surface area contributed by atoms with Crippen LogP contribution in [0.15, 0.2) is 47.2 Å². The summed E-state index contributed by atoms with van der Waals surface area (Å²) in [5.74, 6) is 1.19. The zero-order valence-electron chi connectivity index (χ0n) is 13.7. The third-order valence-electron chi connectivity index (χ3n) is 4.38. The molecule has 1 fully saturated rings. The van der Waals surface area contributed by atoms with Crippen molar-refractivity contribution >= 4 is 0 Å². The molecule has 4 rings (SSSR count). The first-order valence-electron chi connectivity index (χ1n) is 8.03. The number of aryl methyl sites for hydroxylation is 2. The fourth-order valence-corrected chi connectivity index (χ4v) is 3.13. The van der Waals surface area contributed by atoms with E-state index in [1.807, 2.05) is 12.1 Å². The van der Waals surface area contributed by atoms with Crippen molar-refractivity contribution in [3.8, 4) is 11.4 Å². The lowest BCUT2D eigenvalue weighted by Gasteiger charge is -2.13. The highest BCUT2D eigenvalue weighted by molar-refractivity contribution is 5.52. The van der Waals surface area contributed by atoms with E-state index in [0.29, 0.717) is 11.7 Å². The molecule has 2 unspecified atom stereocenters. The number of hydrazine groups is 1. The molecule has 0 spiro atoms. The number of nitrogens with one attached hydrogen (secondary N) is 2. The van der Waals surface area contributed by atoms with Gasteiger partial charge in [-0.05, 0) is 43.5 Å². The smallest absolute Gasteiger partial charge is 0.245 e. The standard InChI is InChI=1S/C18H19N5O/c1-11-3-4-14(12(2)9-11)15-10-16(22-21-15)18-20-17(23-24-18)13-5-7-19-8-6-13/h3-9,15-16,21-22H,10H2,1-2H3. The van der Waals surface area contributed by atoms with Gasteiger partial charge in [0.05, 0.1) is 0 Å². The first-order chi connectivity index (χ1) is 11.7. The van der Waals surface area contributed by atoms with Crippen LogP contribution in [0.25, 0.3) is 11.4 Å². The molecule has 0 saturated carbocycles. The molecule has 6 heteroatoms. The summed E-state index contributed by atoms with van der Waals surface area (Å²) in [4.78, 5) is 8.52. The molecular formula is C18H19N5O. The Morgan fingerprint density at radius 2 is 1.83 bits per heavy atom. The van der Waals surface area contributed by atoms with Gasteiger partial charge in [0.2, 0.25) is 11.7 Å². The molecule has 0 bridgehead atoms. The quantitative estimate of drug-likeness (QED) is 0.772. The molecular weight excluding hydrogens is 302 g/mol. The van der Waals surface area contributed by atoms with Crippen LogP contribution in [0.3, 0.4) is 0 Å². The van der Waals surface area contributed by atoms with Crippen molar-refractivity contribution < 1.29 is 4.52 Å². The van der Waals surface area contributed by atoms with Crippen LogP contribution in [-0.2, 0) is 0 Å². The van der Waals surface area contributed by atoms with Crippen LogP contribution in [0.5, 0.6) is 0 Å². The number of hydrogen-bond donors (Lipinski definition) is 2. The van der Waals surface area contributed by atoms with E-state index in [2.05, 4.69) is 58.0 Å². The van der Waals surface area contributed by atoms with Crippen molar-refractivity contribution in [2.75, 3.05) is 0 Å². The molecule has 2 atom stereocenters. The van der Waals surface area contributed by atoms with Crippen LogP contribution in [0.1, 0.15) is 41.1 Å². The molecule has 3 heterocycles. The molecule has 6 nitrogen and oxygen atoms in total. The van der Waals surface area contributed by atoms with Crippen LogP contribution in [0.4, 0.5) is 0 Å². The Morgan fingerprint density at radius 1 is 1.04 bits per heavy atom. The minimum Gasteiger partial charge on any atom is -0.337 e. The Labute approximate surface area is 140 Å². The SMILES string of the molecule is Cc1ccc(C2CC(c3nc(-c4ccncc4)no3)NN2)c(C)c1. The molecule has 1 aliphatic rings. The predicted octanol–water partition coefficient (Wildman–Crippen LogP) is 3.03. The highest BCUT2D eigenvalue weighted by atomic mass is 16.5. The van der Waals surface area contributed by atoms with Gasteiger partial charge in [-0.25, -0.2) is 10.9 Å². The van der Waals surface area contributed by atoms with E-state index in [1.54, 1.807) is 12.4 Å². The Bertz CT molecular complexity index is 846. The van der Waals surface area contributed by atoms with Crippen molar-refractivity contribution in [2.45, 2.75) is 32.4 Å². The molecule has 24 heavy (non-hydrogen) atoms.